The Kier molecular flexibility index (Phi) is 3.08. The van der Waals surface area contributed by atoms with E-state index in [1.54, 1.807) is 17.7 Å². The summed E-state index contributed by atoms with van der Waals surface area (Å²) in [4.78, 5) is 28.9. The molecule has 0 saturated carbocycles. The van der Waals surface area contributed by atoms with Gasteiger partial charge >= 0.3 is 0 Å². The Morgan fingerprint density at radius 2 is 2.11 bits per heavy atom. The van der Waals surface area contributed by atoms with Crippen molar-refractivity contribution in [2.75, 3.05) is 0 Å². The summed E-state index contributed by atoms with van der Waals surface area (Å²) in [7, 11) is 0. The summed E-state index contributed by atoms with van der Waals surface area (Å²) in [5.74, 6) is 0. The van der Waals surface area contributed by atoms with Gasteiger partial charge in [0.1, 0.15) is 16.2 Å². The molecule has 0 radical (unpaired) electrons. The zero-order valence-electron chi connectivity index (χ0n) is 10.3. The van der Waals surface area contributed by atoms with Gasteiger partial charge in [0, 0.05) is 22.5 Å². The minimum Gasteiger partial charge on any atom is -0.301 e. The molecule has 3 aromatic rings. The molecule has 0 saturated heterocycles. The van der Waals surface area contributed by atoms with Crippen molar-refractivity contribution in [1.29, 1.82) is 0 Å². The van der Waals surface area contributed by atoms with Crippen LogP contribution in [0.5, 0.6) is 0 Å². The zero-order valence-corrected chi connectivity index (χ0v) is 11.9. The first kappa shape index (κ1) is 12.3. The number of nitrogens with zero attached hydrogens (tertiary/aromatic N) is 3. The summed E-state index contributed by atoms with van der Waals surface area (Å²) in [6, 6.07) is 1.39. The smallest absolute Gasteiger partial charge is 0.251 e. The molecule has 0 atom stereocenters. The molecular formula is C12H10N4OS2. The largest absolute Gasteiger partial charge is 0.301 e. The third kappa shape index (κ3) is 2.26. The third-order valence-electron chi connectivity index (χ3n) is 2.77. The number of thiophene rings is 1. The minimum atomic E-state index is -0.166. The standard InChI is InChI=1S/C12H10N4OS2/c1-6-7(2)18-10-9(6)11(15-5-14-10)19-12-13-4-3-8(17)16-12/h3-5H,1-2H3,(H,13,16,17). The topological polar surface area (TPSA) is 71.5 Å². The van der Waals surface area contributed by atoms with Gasteiger partial charge in [0.2, 0.25) is 0 Å². The zero-order chi connectivity index (χ0) is 13.4. The van der Waals surface area contributed by atoms with Crippen LogP contribution < -0.4 is 5.56 Å². The maximum Gasteiger partial charge on any atom is 0.251 e. The second-order valence-electron chi connectivity index (χ2n) is 3.98. The second kappa shape index (κ2) is 4.75. The van der Waals surface area contributed by atoms with Crippen molar-refractivity contribution >= 4 is 33.3 Å². The van der Waals surface area contributed by atoms with E-state index >= 15 is 0 Å². The van der Waals surface area contributed by atoms with Gasteiger partial charge in [-0.25, -0.2) is 15.0 Å². The molecule has 1 N–H and O–H groups in total. The third-order valence-corrected chi connectivity index (χ3v) is 4.79. The fourth-order valence-corrected chi connectivity index (χ4v) is 3.68. The predicted molar refractivity (Wildman–Crippen MR) is 75.9 cm³/mol. The first-order valence-corrected chi connectivity index (χ1v) is 7.22. The Balaban J connectivity index is 2.13. The fraction of sp³-hybridized carbons (Fsp3) is 0.167. The van der Waals surface area contributed by atoms with Crippen molar-refractivity contribution in [3.8, 4) is 0 Å². The van der Waals surface area contributed by atoms with Gasteiger partial charge in [-0.05, 0) is 31.2 Å². The Morgan fingerprint density at radius 3 is 2.89 bits per heavy atom. The van der Waals surface area contributed by atoms with E-state index in [0.29, 0.717) is 5.16 Å². The van der Waals surface area contributed by atoms with Gasteiger partial charge in [-0.2, -0.15) is 0 Å². The van der Waals surface area contributed by atoms with Gasteiger partial charge in [0.15, 0.2) is 5.16 Å². The number of aromatic amines is 1. The quantitative estimate of drug-likeness (QED) is 0.580. The highest BCUT2D eigenvalue weighted by Gasteiger charge is 2.13. The molecule has 0 fully saturated rings. The van der Waals surface area contributed by atoms with E-state index in [9.17, 15) is 4.79 Å². The lowest BCUT2D eigenvalue weighted by Crippen LogP contribution is -2.05. The normalized spacial score (nSPS) is 11.1. The van der Waals surface area contributed by atoms with E-state index in [0.717, 1.165) is 15.2 Å². The average molecular weight is 290 g/mol. The maximum absolute atomic E-state index is 11.3. The molecule has 0 amide bonds. The van der Waals surface area contributed by atoms with Gasteiger partial charge in [-0.1, -0.05) is 0 Å². The first-order chi connectivity index (χ1) is 9.15. The lowest BCUT2D eigenvalue weighted by Gasteiger charge is -2.01. The van der Waals surface area contributed by atoms with Crippen LogP contribution in [0, 0.1) is 13.8 Å². The fourth-order valence-electron chi connectivity index (χ4n) is 1.72. The van der Waals surface area contributed by atoms with Crippen LogP contribution in [0.1, 0.15) is 10.4 Å². The summed E-state index contributed by atoms with van der Waals surface area (Å²) in [5, 5.41) is 2.40. The van der Waals surface area contributed by atoms with E-state index in [1.165, 1.54) is 34.5 Å². The Morgan fingerprint density at radius 1 is 1.26 bits per heavy atom. The monoisotopic (exact) mass is 290 g/mol. The molecular weight excluding hydrogens is 280 g/mol. The molecule has 0 spiro atoms. The molecule has 3 heterocycles. The summed E-state index contributed by atoms with van der Waals surface area (Å²) in [5.41, 5.74) is 1.02. The number of hydrogen-bond acceptors (Lipinski definition) is 6. The van der Waals surface area contributed by atoms with Crippen molar-refractivity contribution in [3.63, 3.8) is 0 Å². The summed E-state index contributed by atoms with van der Waals surface area (Å²) >= 11 is 3.00. The summed E-state index contributed by atoms with van der Waals surface area (Å²) < 4.78 is 0. The molecule has 7 heteroatoms. The lowest BCUT2D eigenvalue weighted by molar-refractivity contribution is 0.932. The van der Waals surface area contributed by atoms with Crippen molar-refractivity contribution in [2.24, 2.45) is 0 Å². The summed E-state index contributed by atoms with van der Waals surface area (Å²) in [6.07, 6.45) is 3.03. The number of H-pyrrole nitrogens is 1. The van der Waals surface area contributed by atoms with E-state index in [4.69, 9.17) is 0 Å². The molecule has 3 rings (SSSR count). The lowest BCUT2D eigenvalue weighted by atomic mass is 10.2. The average Bonchev–Trinajstić information content (AvgIpc) is 2.66. The van der Waals surface area contributed by atoms with Crippen LogP contribution in [0.25, 0.3) is 10.2 Å². The molecule has 0 aliphatic carbocycles. The molecule has 0 aliphatic heterocycles. The molecule has 0 bridgehead atoms. The van der Waals surface area contributed by atoms with Crippen molar-refractivity contribution in [1.82, 2.24) is 19.9 Å². The highest BCUT2D eigenvalue weighted by molar-refractivity contribution is 7.99. The number of fused-ring (bicyclic) bond motifs is 1. The molecule has 3 aromatic heterocycles. The first-order valence-electron chi connectivity index (χ1n) is 5.59. The number of aromatic nitrogens is 4. The van der Waals surface area contributed by atoms with Crippen molar-refractivity contribution in [3.05, 3.63) is 39.4 Å². The minimum absolute atomic E-state index is 0.166. The number of nitrogens with one attached hydrogen (secondary N) is 1. The van der Waals surface area contributed by atoms with E-state index in [1.807, 2.05) is 0 Å². The second-order valence-corrected chi connectivity index (χ2v) is 6.16. The Hall–Kier alpha value is -1.73. The summed E-state index contributed by atoms with van der Waals surface area (Å²) in [6.45, 7) is 4.13. The molecule has 19 heavy (non-hydrogen) atoms. The van der Waals surface area contributed by atoms with Gasteiger partial charge in [0.05, 0.1) is 0 Å². The van der Waals surface area contributed by atoms with Crippen LogP contribution in [0.3, 0.4) is 0 Å². The Bertz CT molecular complexity index is 809. The SMILES string of the molecule is Cc1sc2ncnc(Sc3nccc(=O)[nH]3)c2c1C. The molecule has 0 aliphatic rings. The van der Waals surface area contributed by atoms with Gasteiger partial charge < -0.3 is 4.98 Å². The van der Waals surface area contributed by atoms with Crippen LogP contribution >= 0.6 is 23.1 Å². The van der Waals surface area contributed by atoms with E-state index < -0.39 is 0 Å². The number of rotatable bonds is 2. The Labute approximate surface area is 117 Å². The number of aryl methyl sites for hydroxylation is 2. The highest BCUT2D eigenvalue weighted by atomic mass is 32.2. The number of hydrogen-bond donors (Lipinski definition) is 1. The van der Waals surface area contributed by atoms with Gasteiger partial charge in [0.25, 0.3) is 5.56 Å². The maximum atomic E-state index is 11.3. The highest BCUT2D eigenvalue weighted by Crippen LogP contribution is 2.35. The van der Waals surface area contributed by atoms with Crippen LogP contribution in [0.2, 0.25) is 0 Å². The van der Waals surface area contributed by atoms with Crippen LogP contribution in [0.15, 0.2) is 33.6 Å². The van der Waals surface area contributed by atoms with Crippen molar-refractivity contribution in [2.45, 2.75) is 24.0 Å². The molecule has 0 unspecified atom stereocenters. The van der Waals surface area contributed by atoms with Gasteiger partial charge in [-0.3, -0.25) is 4.79 Å². The van der Waals surface area contributed by atoms with Crippen LogP contribution in [-0.2, 0) is 0 Å². The molecule has 5 nitrogen and oxygen atoms in total. The van der Waals surface area contributed by atoms with Crippen LogP contribution in [-0.4, -0.2) is 19.9 Å². The van der Waals surface area contributed by atoms with Gasteiger partial charge in [-0.15, -0.1) is 11.3 Å². The van der Waals surface area contributed by atoms with E-state index in [-0.39, 0.29) is 5.56 Å². The predicted octanol–water partition coefficient (Wildman–Crippen LogP) is 2.54. The van der Waals surface area contributed by atoms with Crippen molar-refractivity contribution < 1.29 is 0 Å². The molecule has 96 valence electrons. The van der Waals surface area contributed by atoms with E-state index in [2.05, 4.69) is 33.8 Å². The molecule has 0 aromatic carbocycles. The van der Waals surface area contributed by atoms with Crippen LogP contribution in [0.4, 0.5) is 0 Å².